The zero-order valence-corrected chi connectivity index (χ0v) is 10.3. The van der Waals surface area contributed by atoms with E-state index < -0.39 is 5.97 Å². The van der Waals surface area contributed by atoms with E-state index >= 15 is 0 Å². The van der Waals surface area contributed by atoms with Gasteiger partial charge in [0.25, 0.3) is 0 Å². The number of carbonyl (C=O) groups is 2. The van der Waals surface area contributed by atoms with Crippen molar-refractivity contribution in [3.63, 3.8) is 0 Å². The summed E-state index contributed by atoms with van der Waals surface area (Å²) in [5.74, 6) is -0.434. The number of nitrogens with zero attached hydrogens (tertiary/aromatic N) is 1. The van der Waals surface area contributed by atoms with Gasteiger partial charge < -0.3 is 15.4 Å². The predicted molar refractivity (Wildman–Crippen MR) is 69.7 cm³/mol. The molecule has 0 saturated carbocycles. The summed E-state index contributed by atoms with van der Waals surface area (Å²) in [5.41, 5.74) is 2.08. The molecular weight excluding hydrogens is 246 g/mol. The summed E-state index contributed by atoms with van der Waals surface area (Å²) in [6.07, 6.45) is 1.42. The first-order valence-electron chi connectivity index (χ1n) is 5.68. The van der Waals surface area contributed by atoms with Crippen molar-refractivity contribution in [2.45, 2.75) is 13.3 Å². The normalized spacial score (nSPS) is 10.2. The van der Waals surface area contributed by atoms with Crippen LogP contribution in [0.25, 0.3) is 11.4 Å². The largest absolute Gasteiger partial charge is 0.481 e. The number of carbonyl (C=O) groups excluding carboxylic acids is 1. The Bertz CT molecular complexity index is 602. The summed E-state index contributed by atoms with van der Waals surface area (Å²) in [6.45, 7) is 1.44. The molecule has 3 N–H and O–H groups in total. The summed E-state index contributed by atoms with van der Waals surface area (Å²) in [5, 5.41) is 11.3. The van der Waals surface area contributed by atoms with E-state index in [9.17, 15) is 9.59 Å². The first-order chi connectivity index (χ1) is 9.04. The highest BCUT2D eigenvalue weighted by molar-refractivity contribution is 5.88. The van der Waals surface area contributed by atoms with Crippen LogP contribution >= 0.6 is 0 Å². The molecule has 6 nitrogen and oxygen atoms in total. The summed E-state index contributed by atoms with van der Waals surface area (Å²) < 4.78 is 0. The van der Waals surface area contributed by atoms with Crippen molar-refractivity contribution < 1.29 is 14.7 Å². The van der Waals surface area contributed by atoms with Crippen LogP contribution in [-0.2, 0) is 16.0 Å². The Kier molecular flexibility index (Phi) is 3.61. The molecule has 0 aliphatic rings. The van der Waals surface area contributed by atoms with Crippen molar-refractivity contribution in [1.29, 1.82) is 0 Å². The minimum atomic E-state index is -0.906. The van der Waals surface area contributed by atoms with Gasteiger partial charge in [0.1, 0.15) is 5.82 Å². The number of carboxylic acid groups (broad SMARTS) is 1. The summed E-state index contributed by atoms with van der Waals surface area (Å²) in [4.78, 5) is 28.5. The van der Waals surface area contributed by atoms with Crippen LogP contribution < -0.4 is 5.32 Å². The quantitative estimate of drug-likeness (QED) is 0.778. The molecule has 1 heterocycles. The number of aliphatic carboxylic acids is 1. The van der Waals surface area contributed by atoms with Gasteiger partial charge in [-0.3, -0.25) is 9.59 Å². The number of hydrogen-bond donors (Lipinski definition) is 3. The summed E-state index contributed by atoms with van der Waals surface area (Å²) >= 11 is 0. The molecule has 2 aromatic rings. The summed E-state index contributed by atoms with van der Waals surface area (Å²) in [6, 6.07) is 7.12. The highest BCUT2D eigenvalue weighted by Gasteiger charge is 2.06. The molecule has 19 heavy (non-hydrogen) atoms. The van der Waals surface area contributed by atoms with E-state index in [0.29, 0.717) is 17.2 Å². The van der Waals surface area contributed by atoms with Crippen LogP contribution in [0.2, 0.25) is 0 Å². The van der Waals surface area contributed by atoms with Gasteiger partial charge in [-0.2, -0.15) is 0 Å². The molecule has 0 aliphatic heterocycles. The van der Waals surface area contributed by atoms with Gasteiger partial charge in [0.2, 0.25) is 5.91 Å². The van der Waals surface area contributed by atoms with E-state index in [1.165, 1.54) is 13.1 Å². The Labute approximate surface area is 109 Å². The molecule has 1 aromatic heterocycles. The topological polar surface area (TPSA) is 95.1 Å². The molecule has 1 amide bonds. The van der Waals surface area contributed by atoms with E-state index in [1.807, 2.05) is 0 Å². The SMILES string of the molecule is CC(=O)Nc1ccc(-c2ncc(CC(=O)O)[nH]2)cc1. The van der Waals surface area contributed by atoms with Crippen LogP contribution in [0.1, 0.15) is 12.6 Å². The maximum absolute atomic E-state index is 10.9. The molecule has 2 rings (SSSR count). The van der Waals surface area contributed by atoms with Gasteiger partial charge in [0, 0.05) is 30.1 Å². The fourth-order valence-corrected chi connectivity index (χ4v) is 1.67. The molecular formula is C13H13N3O3. The van der Waals surface area contributed by atoms with Crippen LogP contribution in [0.4, 0.5) is 5.69 Å². The second-order valence-electron chi connectivity index (χ2n) is 4.09. The van der Waals surface area contributed by atoms with E-state index in [-0.39, 0.29) is 12.3 Å². The lowest BCUT2D eigenvalue weighted by Gasteiger charge is -2.02. The number of benzene rings is 1. The lowest BCUT2D eigenvalue weighted by molar-refractivity contribution is -0.136. The molecule has 98 valence electrons. The van der Waals surface area contributed by atoms with Crippen LogP contribution in [0.15, 0.2) is 30.5 Å². The molecule has 0 atom stereocenters. The number of carboxylic acids is 1. The molecule has 0 fully saturated rings. The lowest BCUT2D eigenvalue weighted by Crippen LogP contribution is -2.05. The van der Waals surface area contributed by atoms with Gasteiger partial charge in [0.15, 0.2) is 0 Å². The zero-order valence-electron chi connectivity index (χ0n) is 10.3. The number of rotatable bonds is 4. The van der Waals surface area contributed by atoms with Crippen molar-refractivity contribution in [3.8, 4) is 11.4 Å². The third-order valence-corrected chi connectivity index (χ3v) is 2.45. The van der Waals surface area contributed by atoms with Crippen LogP contribution in [0.3, 0.4) is 0 Å². The number of aromatic amines is 1. The zero-order chi connectivity index (χ0) is 13.8. The molecule has 0 unspecified atom stereocenters. The van der Waals surface area contributed by atoms with Gasteiger partial charge in [-0.25, -0.2) is 4.98 Å². The molecule has 0 bridgehead atoms. The number of amides is 1. The summed E-state index contributed by atoms with van der Waals surface area (Å²) in [7, 11) is 0. The fourth-order valence-electron chi connectivity index (χ4n) is 1.67. The number of imidazole rings is 1. The number of H-pyrrole nitrogens is 1. The Morgan fingerprint density at radius 1 is 1.32 bits per heavy atom. The van der Waals surface area contributed by atoms with E-state index in [0.717, 1.165) is 5.56 Å². The Balaban J connectivity index is 2.15. The smallest absolute Gasteiger partial charge is 0.309 e. The first kappa shape index (κ1) is 12.8. The fraction of sp³-hybridized carbons (Fsp3) is 0.154. The third-order valence-electron chi connectivity index (χ3n) is 2.45. The van der Waals surface area contributed by atoms with Crippen molar-refractivity contribution in [2.24, 2.45) is 0 Å². The number of hydrogen-bond acceptors (Lipinski definition) is 3. The van der Waals surface area contributed by atoms with Gasteiger partial charge in [-0.1, -0.05) is 0 Å². The third kappa shape index (κ3) is 3.41. The standard InChI is InChI=1S/C13H13N3O3/c1-8(17)15-10-4-2-9(3-5-10)13-14-7-11(16-13)6-12(18)19/h2-5,7H,6H2,1H3,(H,14,16)(H,15,17)(H,18,19). The highest BCUT2D eigenvalue weighted by atomic mass is 16.4. The van der Waals surface area contributed by atoms with Crippen LogP contribution in [0.5, 0.6) is 0 Å². The minimum absolute atomic E-state index is 0.0863. The first-order valence-corrected chi connectivity index (χ1v) is 5.68. The van der Waals surface area contributed by atoms with Crippen LogP contribution in [-0.4, -0.2) is 27.0 Å². The van der Waals surface area contributed by atoms with E-state index in [1.54, 1.807) is 24.3 Å². The molecule has 0 radical (unpaired) electrons. The van der Waals surface area contributed by atoms with Crippen molar-refractivity contribution in [3.05, 3.63) is 36.2 Å². The van der Waals surface area contributed by atoms with Crippen LogP contribution in [0, 0.1) is 0 Å². The molecule has 1 aromatic carbocycles. The van der Waals surface area contributed by atoms with Crippen molar-refractivity contribution >= 4 is 17.6 Å². The van der Waals surface area contributed by atoms with Gasteiger partial charge in [0.05, 0.1) is 6.42 Å². The predicted octanol–water partition coefficient (Wildman–Crippen LogP) is 1.66. The Hall–Kier alpha value is -2.63. The molecule has 0 aliphatic carbocycles. The van der Waals surface area contributed by atoms with Crippen molar-refractivity contribution in [1.82, 2.24) is 9.97 Å². The maximum Gasteiger partial charge on any atom is 0.309 e. The molecule has 6 heteroatoms. The second-order valence-corrected chi connectivity index (χ2v) is 4.09. The average molecular weight is 259 g/mol. The Morgan fingerprint density at radius 2 is 2.00 bits per heavy atom. The number of nitrogens with one attached hydrogen (secondary N) is 2. The van der Waals surface area contributed by atoms with Gasteiger partial charge in [-0.05, 0) is 24.3 Å². The molecule has 0 saturated heterocycles. The second kappa shape index (κ2) is 5.34. The molecule has 0 spiro atoms. The average Bonchev–Trinajstić information content (AvgIpc) is 2.76. The number of anilines is 1. The maximum atomic E-state index is 10.9. The van der Waals surface area contributed by atoms with E-state index in [2.05, 4.69) is 15.3 Å². The van der Waals surface area contributed by atoms with Gasteiger partial charge >= 0.3 is 5.97 Å². The monoisotopic (exact) mass is 259 g/mol. The van der Waals surface area contributed by atoms with Crippen molar-refractivity contribution in [2.75, 3.05) is 5.32 Å². The number of aromatic nitrogens is 2. The van der Waals surface area contributed by atoms with Gasteiger partial charge in [-0.15, -0.1) is 0 Å². The van der Waals surface area contributed by atoms with E-state index in [4.69, 9.17) is 5.11 Å². The lowest BCUT2D eigenvalue weighted by atomic mass is 10.2. The highest BCUT2D eigenvalue weighted by Crippen LogP contribution is 2.18. The Morgan fingerprint density at radius 3 is 2.58 bits per heavy atom. The minimum Gasteiger partial charge on any atom is -0.481 e.